The summed E-state index contributed by atoms with van der Waals surface area (Å²) in [5, 5.41) is 11.3. The smallest absolute Gasteiger partial charge is 0.247 e. The predicted molar refractivity (Wildman–Crippen MR) is 126 cm³/mol. The number of hydrogen-bond donors (Lipinski definition) is 1. The fraction of sp³-hybridized carbons (Fsp3) is 0.280. The Balaban J connectivity index is 1.49. The van der Waals surface area contributed by atoms with Crippen LogP contribution in [0.25, 0.3) is 11.5 Å². The highest BCUT2D eigenvalue weighted by atomic mass is 16.5. The summed E-state index contributed by atoms with van der Waals surface area (Å²) in [5.74, 6) is 2.59. The number of nitrogens with one attached hydrogen (secondary N) is 1. The first-order valence-electron chi connectivity index (χ1n) is 10.9. The van der Waals surface area contributed by atoms with Crippen molar-refractivity contribution < 1.29 is 18.7 Å². The lowest BCUT2D eigenvalue weighted by atomic mass is 10.0. The molecule has 0 fully saturated rings. The van der Waals surface area contributed by atoms with Crippen molar-refractivity contribution in [2.24, 2.45) is 7.05 Å². The summed E-state index contributed by atoms with van der Waals surface area (Å²) >= 11 is 0. The van der Waals surface area contributed by atoms with Crippen LogP contribution >= 0.6 is 0 Å². The number of hydrogen-bond acceptors (Lipinski definition) is 7. The van der Waals surface area contributed by atoms with Crippen LogP contribution in [0.1, 0.15) is 35.3 Å². The predicted octanol–water partition coefficient (Wildman–Crippen LogP) is 3.63. The topological polar surface area (TPSA) is 104 Å². The van der Waals surface area contributed by atoms with Crippen molar-refractivity contribution in [2.75, 3.05) is 14.2 Å². The van der Waals surface area contributed by atoms with E-state index >= 15 is 0 Å². The average Bonchev–Trinajstić information content (AvgIpc) is 3.50. The van der Waals surface area contributed by atoms with E-state index in [1.807, 2.05) is 61.1 Å². The Hall–Kier alpha value is -4.14. The minimum atomic E-state index is -0.498. The van der Waals surface area contributed by atoms with Crippen LogP contribution in [0.2, 0.25) is 0 Å². The van der Waals surface area contributed by atoms with E-state index in [4.69, 9.17) is 13.9 Å². The molecule has 9 nitrogen and oxygen atoms in total. The van der Waals surface area contributed by atoms with Crippen molar-refractivity contribution in [3.05, 3.63) is 77.7 Å². The molecule has 0 saturated carbocycles. The molecule has 0 saturated heterocycles. The molecule has 0 aliphatic heterocycles. The van der Waals surface area contributed by atoms with Gasteiger partial charge in [0, 0.05) is 43.9 Å². The molecule has 4 aromatic rings. The lowest BCUT2D eigenvalue weighted by Gasteiger charge is -2.20. The lowest BCUT2D eigenvalue weighted by molar-refractivity contribution is -0.121. The molecule has 4 rings (SSSR count). The van der Waals surface area contributed by atoms with Gasteiger partial charge < -0.3 is 23.8 Å². The minimum Gasteiger partial charge on any atom is -0.497 e. The Labute approximate surface area is 197 Å². The summed E-state index contributed by atoms with van der Waals surface area (Å²) in [4.78, 5) is 17.4. The second kappa shape index (κ2) is 10.2. The van der Waals surface area contributed by atoms with Gasteiger partial charge in [-0.3, -0.25) is 4.79 Å². The molecule has 34 heavy (non-hydrogen) atoms. The van der Waals surface area contributed by atoms with Gasteiger partial charge in [0.05, 0.1) is 14.2 Å². The Morgan fingerprint density at radius 3 is 2.41 bits per heavy atom. The molecule has 1 atom stereocenters. The van der Waals surface area contributed by atoms with E-state index in [0.29, 0.717) is 35.5 Å². The van der Waals surface area contributed by atoms with E-state index in [0.717, 1.165) is 16.7 Å². The largest absolute Gasteiger partial charge is 0.497 e. The van der Waals surface area contributed by atoms with Crippen molar-refractivity contribution in [1.82, 2.24) is 25.1 Å². The van der Waals surface area contributed by atoms with Crippen LogP contribution in [-0.4, -0.2) is 39.9 Å². The van der Waals surface area contributed by atoms with Gasteiger partial charge in [-0.1, -0.05) is 17.7 Å². The summed E-state index contributed by atoms with van der Waals surface area (Å²) in [6.45, 7) is 2.02. The zero-order chi connectivity index (χ0) is 24.1. The average molecular weight is 462 g/mol. The number of rotatable bonds is 9. The number of methoxy groups -OCH3 is 2. The van der Waals surface area contributed by atoms with Gasteiger partial charge in [0.1, 0.15) is 23.4 Å². The van der Waals surface area contributed by atoms with Gasteiger partial charge >= 0.3 is 0 Å². The Morgan fingerprint density at radius 1 is 1.09 bits per heavy atom. The first-order valence-corrected chi connectivity index (χ1v) is 10.9. The third-order valence-electron chi connectivity index (χ3n) is 5.46. The maximum atomic E-state index is 12.9. The lowest BCUT2D eigenvalue weighted by Crippen LogP contribution is -2.31. The van der Waals surface area contributed by atoms with Gasteiger partial charge in [0.25, 0.3) is 0 Å². The van der Waals surface area contributed by atoms with E-state index in [1.54, 1.807) is 26.5 Å². The van der Waals surface area contributed by atoms with Gasteiger partial charge in [-0.2, -0.15) is 0 Å². The molecule has 0 aliphatic carbocycles. The van der Waals surface area contributed by atoms with Crippen LogP contribution in [0, 0.1) is 6.92 Å². The number of nitrogens with zero attached hydrogens (tertiary/aromatic N) is 4. The zero-order valence-electron chi connectivity index (χ0n) is 19.6. The number of carbonyl (C=O) groups is 1. The number of amides is 1. The van der Waals surface area contributed by atoms with Gasteiger partial charge in [0.2, 0.25) is 17.7 Å². The maximum absolute atomic E-state index is 12.9. The molecule has 2 heterocycles. The summed E-state index contributed by atoms with van der Waals surface area (Å²) in [6, 6.07) is 12.8. The number of aromatic nitrogens is 4. The standard InChI is InChI=1S/C25H27N5O4/c1-16-5-7-17(8-6-16)25-29-28-22(34-25)10-9-21(31)27-23(24-26-11-12-30(24)2)18-13-19(32-3)15-20(14-18)33-4/h5-8,11-15,23H,9-10H2,1-4H3,(H,27,31). The molecular weight excluding hydrogens is 434 g/mol. The molecule has 0 bridgehead atoms. The van der Waals surface area contributed by atoms with Crippen LogP contribution < -0.4 is 14.8 Å². The molecule has 1 N–H and O–H groups in total. The van der Waals surface area contributed by atoms with Crippen molar-refractivity contribution in [1.29, 1.82) is 0 Å². The van der Waals surface area contributed by atoms with Crippen LogP contribution in [0.5, 0.6) is 11.5 Å². The monoisotopic (exact) mass is 461 g/mol. The Morgan fingerprint density at radius 2 is 1.79 bits per heavy atom. The third-order valence-corrected chi connectivity index (χ3v) is 5.46. The summed E-state index contributed by atoms with van der Waals surface area (Å²) in [7, 11) is 5.05. The minimum absolute atomic E-state index is 0.176. The highest BCUT2D eigenvalue weighted by Crippen LogP contribution is 2.29. The van der Waals surface area contributed by atoms with Crippen molar-refractivity contribution in [3.8, 4) is 23.0 Å². The van der Waals surface area contributed by atoms with Gasteiger partial charge in [-0.25, -0.2) is 4.98 Å². The van der Waals surface area contributed by atoms with Gasteiger partial charge in [-0.05, 0) is 36.8 Å². The van der Waals surface area contributed by atoms with E-state index in [9.17, 15) is 4.79 Å². The molecule has 0 spiro atoms. The molecule has 0 radical (unpaired) electrons. The Bertz CT molecular complexity index is 1240. The van der Waals surface area contributed by atoms with Crippen molar-refractivity contribution in [3.63, 3.8) is 0 Å². The van der Waals surface area contributed by atoms with Crippen LogP contribution in [0.3, 0.4) is 0 Å². The SMILES string of the molecule is COc1cc(OC)cc(C(NC(=O)CCc2nnc(-c3ccc(C)cc3)o2)c2nccn2C)c1. The first kappa shape index (κ1) is 23.0. The number of imidazole rings is 1. The molecule has 9 heteroatoms. The van der Waals surface area contributed by atoms with E-state index in [2.05, 4.69) is 20.5 Å². The van der Waals surface area contributed by atoms with E-state index < -0.39 is 6.04 Å². The third kappa shape index (κ3) is 5.25. The normalized spacial score (nSPS) is 11.8. The first-order chi connectivity index (χ1) is 16.5. The van der Waals surface area contributed by atoms with Crippen molar-refractivity contribution >= 4 is 5.91 Å². The molecule has 176 valence electrons. The molecule has 1 amide bonds. The summed E-state index contributed by atoms with van der Waals surface area (Å²) in [6.07, 6.45) is 4.02. The Kier molecular flexibility index (Phi) is 6.91. The molecule has 1 unspecified atom stereocenters. The maximum Gasteiger partial charge on any atom is 0.247 e. The van der Waals surface area contributed by atoms with Gasteiger partial charge in [0.15, 0.2) is 0 Å². The molecule has 2 aromatic carbocycles. The van der Waals surface area contributed by atoms with Gasteiger partial charge in [-0.15, -0.1) is 10.2 Å². The summed E-state index contributed by atoms with van der Waals surface area (Å²) < 4.78 is 18.4. The second-order valence-electron chi connectivity index (χ2n) is 7.91. The number of aryl methyl sites for hydroxylation is 3. The fourth-order valence-corrected chi connectivity index (χ4v) is 3.57. The molecule has 2 aromatic heterocycles. The highest BCUT2D eigenvalue weighted by molar-refractivity contribution is 5.77. The number of ether oxygens (including phenoxy) is 2. The quantitative estimate of drug-likeness (QED) is 0.406. The zero-order valence-corrected chi connectivity index (χ0v) is 19.6. The van der Waals surface area contributed by atoms with E-state index in [-0.39, 0.29) is 12.3 Å². The number of benzene rings is 2. The fourth-order valence-electron chi connectivity index (χ4n) is 3.57. The van der Waals surface area contributed by atoms with Crippen LogP contribution in [-0.2, 0) is 18.3 Å². The van der Waals surface area contributed by atoms with Crippen LogP contribution in [0.4, 0.5) is 0 Å². The van der Waals surface area contributed by atoms with E-state index in [1.165, 1.54) is 0 Å². The summed E-state index contributed by atoms with van der Waals surface area (Å²) in [5.41, 5.74) is 2.78. The second-order valence-corrected chi connectivity index (χ2v) is 7.91. The van der Waals surface area contributed by atoms with Crippen LogP contribution in [0.15, 0.2) is 59.3 Å². The van der Waals surface area contributed by atoms with Crippen molar-refractivity contribution in [2.45, 2.75) is 25.8 Å². The number of carbonyl (C=O) groups excluding carboxylic acids is 1. The molecular formula is C25H27N5O4. The highest BCUT2D eigenvalue weighted by Gasteiger charge is 2.23. The molecule has 0 aliphatic rings.